The molecular weight excluding hydrogens is 438 g/mol. The zero-order valence-corrected chi connectivity index (χ0v) is 18.7. The Morgan fingerprint density at radius 3 is 2.48 bits per heavy atom. The fourth-order valence-electron chi connectivity index (χ4n) is 3.93. The number of nitrogens with one attached hydrogen (secondary N) is 1. The van der Waals surface area contributed by atoms with Gasteiger partial charge in [-0.25, -0.2) is 15.0 Å². The molecule has 0 radical (unpaired) electrons. The van der Waals surface area contributed by atoms with Crippen molar-refractivity contribution < 1.29 is 14.9 Å². The molecule has 33 heavy (non-hydrogen) atoms. The van der Waals surface area contributed by atoms with Crippen molar-refractivity contribution in [3.63, 3.8) is 0 Å². The number of hydrogen-bond donors (Lipinski definition) is 3. The molecule has 3 N–H and O–H groups in total. The molecular formula is C24H25N5O3S. The number of hydrogen-bond acceptors (Lipinski definition) is 8. The van der Waals surface area contributed by atoms with Crippen molar-refractivity contribution in [1.82, 2.24) is 19.5 Å². The molecule has 2 aromatic heterocycles. The second-order valence-electron chi connectivity index (χ2n) is 7.88. The Bertz CT molecular complexity index is 1190. The van der Waals surface area contributed by atoms with Gasteiger partial charge in [-0.1, -0.05) is 48.5 Å². The minimum absolute atomic E-state index is 0.516. The number of benzene rings is 2. The molecule has 0 bridgehead atoms. The summed E-state index contributed by atoms with van der Waals surface area (Å²) in [5.74, 6) is 1.14. The van der Waals surface area contributed by atoms with Crippen LogP contribution in [-0.2, 0) is 11.2 Å². The lowest BCUT2D eigenvalue weighted by Gasteiger charge is -2.16. The Kier molecular flexibility index (Phi) is 6.54. The normalized spacial score (nSPS) is 22.6. The van der Waals surface area contributed by atoms with Crippen LogP contribution in [0.15, 0.2) is 78.2 Å². The quantitative estimate of drug-likeness (QED) is 0.343. The minimum Gasteiger partial charge on any atom is -0.387 e. The summed E-state index contributed by atoms with van der Waals surface area (Å²) in [5, 5.41) is 24.6. The number of aliphatic hydroxyl groups excluding tert-OH is 2. The first-order chi connectivity index (χ1) is 16.2. The number of ether oxygens (including phenoxy) is 1. The molecule has 0 aliphatic carbocycles. The Hall–Kier alpha value is -2.98. The van der Waals surface area contributed by atoms with Gasteiger partial charge in [0.05, 0.1) is 12.4 Å². The second kappa shape index (κ2) is 9.88. The third-order valence-corrected chi connectivity index (χ3v) is 6.78. The number of rotatable bonds is 8. The van der Waals surface area contributed by atoms with Crippen molar-refractivity contribution in [1.29, 1.82) is 0 Å². The molecule has 1 aliphatic rings. The summed E-state index contributed by atoms with van der Waals surface area (Å²) in [5.41, 5.74) is 2.37. The van der Waals surface area contributed by atoms with E-state index in [0.717, 1.165) is 11.3 Å². The highest BCUT2D eigenvalue weighted by Gasteiger charge is 2.44. The average Bonchev–Trinajstić information content (AvgIpc) is 3.41. The summed E-state index contributed by atoms with van der Waals surface area (Å²) in [4.78, 5) is 14.2. The number of anilines is 1. The van der Waals surface area contributed by atoms with Crippen LogP contribution in [0, 0.1) is 0 Å². The molecule has 0 unspecified atom stereocenters. The van der Waals surface area contributed by atoms with Gasteiger partial charge in [-0.05, 0) is 24.1 Å². The molecule has 4 aromatic rings. The molecule has 4 atom stereocenters. The zero-order chi connectivity index (χ0) is 22.6. The molecule has 5 rings (SSSR count). The van der Waals surface area contributed by atoms with Crippen molar-refractivity contribution in [3.05, 3.63) is 78.9 Å². The third-order valence-electron chi connectivity index (χ3n) is 5.68. The van der Waals surface area contributed by atoms with Crippen LogP contribution < -0.4 is 5.32 Å². The number of imidazole rings is 1. The summed E-state index contributed by atoms with van der Waals surface area (Å²) in [6.45, 7) is 0.697. The van der Waals surface area contributed by atoms with E-state index in [0.29, 0.717) is 29.3 Å². The Morgan fingerprint density at radius 2 is 1.70 bits per heavy atom. The van der Waals surface area contributed by atoms with Gasteiger partial charge < -0.3 is 20.3 Å². The molecule has 0 saturated carbocycles. The standard InChI is InChI=1S/C24H25N5O3S/c30-20-18(13-33-17-9-5-2-6-10-17)32-24(21(20)31)29-15-28-19-22(26-14-27-23(19)29)25-12-11-16-7-3-1-4-8-16/h1-10,14-15,18,20-21,24,30-31H,11-13H2,(H,25,26,27)/t18-,20-,21-,24-/m1/s1. The monoisotopic (exact) mass is 463 g/mol. The van der Waals surface area contributed by atoms with Crippen LogP contribution in [0.1, 0.15) is 11.8 Å². The van der Waals surface area contributed by atoms with E-state index in [4.69, 9.17) is 4.74 Å². The first kappa shape index (κ1) is 21.8. The smallest absolute Gasteiger partial charge is 0.167 e. The van der Waals surface area contributed by atoms with Crippen LogP contribution in [0.4, 0.5) is 5.82 Å². The highest BCUT2D eigenvalue weighted by atomic mass is 32.2. The number of fused-ring (bicyclic) bond motifs is 1. The van der Waals surface area contributed by atoms with Crippen LogP contribution in [0.2, 0.25) is 0 Å². The maximum absolute atomic E-state index is 10.7. The van der Waals surface area contributed by atoms with Gasteiger partial charge in [0, 0.05) is 17.2 Å². The van der Waals surface area contributed by atoms with Crippen LogP contribution in [0.5, 0.6) is 0 Å². The highest BCUT2D eigenvalue weighted by molar-refractivity contribution is 7.99. The van der Waals surface area contributed by atoms with Gasteiger partial charge in [-0.2, -0.15) is 0 Å². The van der Waals surface area contributed by atoms with E-state index in [9.17, 15) is 10.2 Å². The van der Waals surface area contributed by atoms with Gasteiger partial charge in [0.1, 0.15) is 18.5 Å². The molecule has 2 aromatic carbocycles. The topological polar surface area (TPSA) is 105 Å². The van der Waals surface area contributed by atoms with E-state index in [1.54, 1.807) is 22.7 Å². The molecule has 1 fully saturated rings. The molecule has 0 amide bonds. The van der Waals surface area contributed by atoms with Crippen molar-refractivity contribution in [3.8, 4) is 0 Å². The third kappa shape index (κ3) is 4.72. The second-order valence-corrected chi connectivity index (χ2v) is 8.97. The molecule has 0 spiro atoms. The summed E-state index contributed by atoms with van der Waals surface area (Å²) in [6.07, 6.45) is 0.504. The van der Waals surface area contributed by atoms with E-state index in [-0.39, 0.29) is 0 Å². The first-order valence-electron chi connectivity index (χ1n) is 10.9. The van der Waals surface area contributed by atoms with Crippen LogP contribution >= 0.6 is 11.8 Å². The molecule has 3 heterocycles. The van der Waals surface area contributed by atoms with E-state index in [2.05, 4.69) is 32.4 Å². The summed E-state index contributed by atoms with van der Waals surface area (Å²) in [7, 11) is 0. The molecule has 9 heteroatoms. The maximum atomic E-state index is 10.7. The van der Waals surface area contributed by atoms with Gasteiger partial charge in [-0.3, -0.25) is 4.57 Å². The van der Waals surface area contributed by atoms with Gasteiger partial charge in [0.15, 0.2) is 23.2 Å². The fraction of sp³-hybridized carbons (Fsp3) is 0.292. The van der Waals surface area contributed by atoms with Crippen molar-refractivity contribution in [2.24, 2.45) is 0 Å². The molecule has 1 saturated heterocycles. The SMILES string of the molecule is O[C@@H]1[C@H](O)[C@@H](CSc2ccccc2)O[C@H]1n1cnc2c(NCCc3ccccc3)ncnc21. The van der Waals surface area contributed by atoms with E-state index in [1.165, 1.54) is 11.9 Å². The number of nitrogens with zero attached hydrogens (tertiary/aromatic N) is 4. The van der Waals surface area contributed by atoms with Crippen molar-refractivity contribution >= 4 is 28.7 Å². The zero-order valence-electron chi connectivity index (χ0n) is 17.9. The first-order valence-corrected chi connectivity index (χ1v) is 11.8. The number of thioether (sulfide) groups is 1. The fourth-order valence-corrected chi connectivity index (χ4v) is 4.91. The predicted molar refractivity (Wildman–Crippen MR) is 127 cm³/mol. The summed E-state index contributed by atoms with van der Waals surface area (Å²) >= 11 is 1.58. The Labute approximate surface area is 195 Å². The molecule has 170 valence electrons. The Morgan fingerprint density at radius 1 is 0.939 bits per heavy atom. The maximum Gasteiger partial charge on any atom is 0.167 e. The lowest BCUT2D eigenvalue weighted by atomic mass is 10.1. The van der Waals surface area contributed by atoms with Crippen LogP contribution in [0.25, 0.3) is 11.2 Å². The minimum atomic E-state index is -1.09. The van der Waals surface area contributed by atoms with E-state index in [1.807, 2.05) is 48.5 Å². The highest BCUT2D eigenvalue weighted by Crippen LogP contribution is 2.34. The lowest BCUT2D eigenvalue weighted by Crippen LogP contribution is -2.32. The van der Waals surface area contributed by atoms with Crippen LogP contribution in [0.3, 0.4) is 0 Å². The largest absolute Gasteiger partial charge is 0.387 e. The summed E-state index contributed by atoms with van der Waals surface area (Å²) < 4.78 is 7.73. The van der Waals surface area contributed by atoms with Crippen molar-refractivity contribution in [2.75, 3.05) is 17.6 Å². The predicted octanol–water partition coefficient (Wildman–Crippen LogP) is 2.89. The van der Waals surface area contributed by atoms with Crippen molar-refractivity contribution in [2.45, 2.75) is 35.9 Å². The van der Waals surface area contributed by atoms with Gasteiger partial charge in [0.2, 0.25) is 0 Å². The average molecular weight is 464 g/mol. The Balaban J connectivity index is 1.28. The molecule has 8 nitrogen and oxygen atoms in total. The van der Waals surface area contributed by atoms with Gasteiger partial charge in [-0.15, -0.1) is 11.8 Å². The summed E-state index contributed by atoms with van der Waals surface area (Å²) in [6, 6.07) is 20.1. The van der Waals surface area contributed by atoms with Gasteiger partial charge in [0.25, 0.3) is 0 Å². The van der Waals surface area contributed by atoms with E-state index >= 15 is 0 Å². The van der Waals surface area contributed by atoms with E-state index < -0.39 is 24.5 Å². The lowest BCUT2D eigenvalue weighted by molar-refractivity contribution is -0.0289. The number of aliphatic hydroxyl groups is 2. The molecule has 1 aliphatic heterocycles. The van der Waals surface area contributed by atoms with Gasteiger partial charge >= 0.3 is 0 Å². The number of aromatic nitrogens is 4. The van der Waals surface area contributed by atoms with Crippen LogP contribution in [-0.4, -0.2) is 60.3 Å².